The number of aromatic nitrogens is 1. The molecule has 4 rings (SSSR count). The van der Waals surface area contributed by atoms with Crippen LogP contribution in [0.3, 0.4) is 0 Å². The van der Waals surface area contributed by atoms with Crippen molar-refractivity contribution in [2.45, 2.75) is 37.8 Å². The number of carboxylic acid groups (broad SMARTS) is 2. The number of H-pyrrole nitrogens is 1. The van der Waals surface area contributed by atoms with Gasteiger partial charge in [0.1, 0.15) is 11.3 Å². The van der Waals surface area contributed by atoms with E-state index >= 15 is 0 Å². The SMILES string of the molecule is O=C(O)C(F)(F)F.O=C(O)C(F)(F)F.O=c1[nH]c2c(O)ccc([C@@H](O)CNCCc3ccc(CNCCc4c(Cl)cccc4Cl)cc3)c2s1. The number of aliphatic hydroxyl groups excluding tert-OH is 1. The van der Waals surface area contributed by atoms with Crippen molar-refractivity contribution in [3.8, 4) is 5.75 Å². The Morgan fingerprint density at radius 2 is 1.33 bits per heavy atom. The third-order valence-corrected chi connectivity index (χ3v) is 7.97. The van der Waals surface area contributed by atoms with Gasteiger partial charge in [0.25, 0.3) is 0 Å². The second kappa shape index (κ2) is 18.8. The van der Waals surface area contributed by atoms with E-state index in [-0.39, 0.29) is 10.6 Å². The van der Waals surface area contributed by atoms with Crippen LogP contribution in [0.2, 0.25) is 10.0 Å². The van der Waals surface area contributed by atoms with E-state index in [2.05, 4.69) is 39.9 Å². The summed E-state index contributed by atoms with van der Waals surface area (Å²) >= 11 is 13.4. The smallest absolute Gasteiger partial charge is 0.490 e. The molecule has 7 N–H and O–H groups in total. The summed E-state index contributed by atoms with van der Waals surface area (Å²) < 4.78 is 64.1. The van der Waals surface area contributed by atoms with Gasteiger partial charge in [0.15, 0.2) is 0 Å². The molecule has 1 aromatic heterocycles. The molecular formula is C30H29Cl2F6N3O7S. The first kappa shape index (κ1) is 41.3. The van der Waals surface area contributed by atoms with Crippen LogP contribution in [0, 0.1) is 0 Å². The predicted octanol–water partition coefficient (Wildman–Crippen LogP) is 6.07. The van der Waals surface area contributed by atoms with E-state index in [1.54, 1.807) is 6.07 Å². The van der Waals surface area contributed by atoms with Crippen LogP contribution in [-0.4, -0.2) is 69.3 Å². The molecule has 3 aromatic carbocycles. The Balaban J connectivity index is 0.000000500. The number of alkyl halides is 6. The first-order valence-electron chi connectivity index (χ1n) is 13.9. The molecule has 268 valence electrons. The lowest BCUT2D eigenvalue weighted by Gasteiger charge is -2.13. The van der Waals surface area contributed by atoms with Crippen molar-refractivity contribution in [2.75, 3.05) is 19.6 Å². The summed E-state index contributed by atoms with van der Waals surface area (Å²) in [7, 11) is 0. The number of fused-ring (bicyclic) bond motifs is 1. The highest BCUT2D eigenvalue weighted by Crippen LogP contribution is 2.31. The van der Waals surface area contributed by atoms with Gasteiger partial charge in [0, 0.05) is 28.7 Å². The molecule has 4 aromatic rings. The molecule has 0 spiro atoms. The second-order valence-corrected chi connectivity index (χ2v) is 11.7. The maximum absolute atomic E-state index is 11.7. The zero-order valence-electron chi connectivity index (χ0n) is 25.0. The van der Waals surface area contributed by atoms with Crippen LogP contribution in [0.5, 0.6) is 5.75 Å². The predicted molar refractivity (Wildman–Crippen MR) is 171 cm³/mol. The minimum absolute atomic E-state index is 0.00546. The summed E-state index contributed by atoms with van der Waals surface area (Å²) in [4.78, 5) is 31.8. The van der Waals surface area contributed by atoms with Crippen molar-refractivity contribution in [3.05, 3.63) is 96.6 Å². The Morgan fingerprint density at radius 1 is 0.816 bits per heavy atom. The topological polar surface area (TPSA) is 172 Å². The highest BCUT2D eigenvalue weighted by atomic mass is 35.5. The standard InChI is InChI=1S/C26H27Cl2N3O3S.2C2HF3O2/c27-20-2-1-3-21(28)18(20)11-13-29-14-17-6-4-16(5-7-17)10-12-30-15-23(33)19-8-9-22(32)24-25(19)35-26(34)31-24;2*3-2(4,5)1(6)7/h1-9,23,29-30,32-33H,10-15H2,(H,31,34);2*(H,6,7)/t23-;;/m0../s1. The van der Waals surface area contributed by atoms with Gasteiger partial charge in [-0.2, -0.15) is 26.3 Å². The molecular weight excluding hydrogens is 731 g/mol. The molecule has 0 aliphatic rings. The van der Waals surface area contributed by atoms with Gasteiger partial charge in [-0.15, -0.1) is 0 Å². The van der Waals surface area contributed by atoms with Gasteiger partial charge in [-0.25, -0.2) is 9.59 Å². The zero-order chi connectivity index (χ0) is 36.9. The fourth-order valence-electron chi connectivity index (χ4n) is 3.92. The number of thiazole rings is 1. The molecule has 0 amide bonds. The fourth-order valence-corrected chi connectivity index (χ4v) is 5.43. The largest absolute Gasteiger partial charge is 0.506 e. The lowest BCUT2D eigenvalue weighted by atomic mass is 10.1. The molecule has 49 heavy (non-hydrogen) atoms. The Labute approximate surface area is 287 Å². The van der Waals surface area contributed by atoms with E-state index in [9.17, 15) is 41.4 Å². The van der Waals surface area contributed by atoms with Gasteiger partial charge in [-0.3, -0.25) is 4.79 Å². The molecule has 19 heteroatoms. The molecule has 1 atom stereocenters. The molecule has 0 saturated carbocycles. The number of nitrogens with one attached hydrogen (secondary N) is 3. The lowest BCUT2D eigenvalue weighted by molar-refractivity contribution is -0.193. The summed E-state index contributed by atoms with van der Waals surface area (Å²) in [6.07, 6.45) is -9.35. The summed E-state index contributed by atoms with van der Waals surface area (Å²) in [5.41, 5.74) is 4.37. The summed E-state index contributed by atoms with van der Waals surface area (Å²) in [5.74, 6) is -5.51. The summed E-state index contributed by atoms with van der Waals surface area (Å²) in [5, 5.41) is 42.8. The Kier molecular flexibility index (Phi) is 15.8. The molecule has 10 nitrogen and oxygen atoms in total. The quantitative estimate of drug-likeness (QED) is 0.0709. The summed E-state index contributed by atoms with van der Waals surface area (Å²) in [6, 6.07) is 17.2. The van der Waals surface area contributed by atoms with Gasteiger partial charge >= 0.3 is 29.2 Å². The van der Waals surface area contributed by atoms with Crippen LogP contribution < -0.4 is 15.5 Å². The maximum atomic E-state index is 11.7. The van der Waals surface area contributed by atoms with Gasteiger partial charge in [0.05, 0.1) is 10.8 Å². The van der Waals surface area contributed by atoms with Gasteiger partial charge in [0.2, 0.25) is 0 Å². The van der Waals surface area contributed by atoms with Crippen LogP contribution in [0.1, 0.15) is 28.4 Å². The number of carbonyl (C=O) groups is 2. The lowest BCUT2D eigenvalue weighted by Crippen LogP contribution is -2.23. The van der Waals surface area contributed by atoms with Crippen LogP contribution in [0.15, 0.2) is 59.4 Å². The minimum atomic E-state index is -5.08. The first-order valence-corrected chi connectivity index (χ1v) is 15.4. The average molecular weight is 761 g/mol. The number of benzene rings is 3. The van der Waals surface area contributed by atoms with Gasteiger partial charge < -0.3 is 36.0 Å². The molecule has 0 bridgehead atoms. The Morgan fingerprint density at radius 3 is 1.86 bits per heavy atom. The van der Waals surface area contributed by atoms with Crippen LogP contribution in [0.25, 0.3) is 10.2 Å². The molecule has 0 aliphatic heterocycles. The molecule has 0 saturated heterocycles. The first-order chi connectivity index (χ1) is 22.8. The van der Waals surface area contributed by atoms with E-state index in [0.29, 0.717) is 38.9 Å². The van der Waals surface area contributed by atoms with Crippen molar-refractivity contribution in [1.82, 2.24) is 15.6 Å². The number of aromatic hydroxyl groups is 1. The van der Waals surface area contributed by atoms with Crippen molar-refractivity contribution < 1.29 is 56.4 Å². The number of aliphatic carboxylic acids is 2. The van der Waals surface area contributed by atoms with Crippen LogP contribution in [-0.2, 0) is 29.0 Å². The maximum Gasteiger partial charge on any atom is 0.490 e. The highest BCUT2D eigenvalue weighted by Gasteiger charge is 2.38. The Hall–Kier alpha value is -3.87. The van der Waals surface area contributed by atoms with Crippen molar-refractivity contribution in [3.63, 3.8) is 0 Å². The number of aromatic amines is 1. The van der Waals surface area contributed by atoms with Crippen molar-refractivity contribution in [1.29, 1.82) is 0 Å². The number of halogens is 8. The molecule has 0 radical (unpaired) electrons. The monoisotopic (exact) mass is 759 g/mol. The number of hydrogen-bond acceptors (Lipinski definition) is 8. The Bertz CT molecular complexity index is 1710. The number of hydrogen-bond donors (Lipinski definition) is 7. The molecule has 0 unspecified atom stereocenters. The number of carboxylic acids is 2. The van der Waals surface area contributed by atoms with E-state index in [0.717, 1.165) is 42.8 Å². The van der Waals surface area contributed by atoms with Gasteiger partial charge in [-0.1, -0.05) is 70.9 Å². The number of aliphatic hydroxyl groups is 1. The third-order valence-electron chi connectivity index (χ3n) is 6.33. The van der Waals surface area contributed by atoms with Crippen molar-refractivity contribution in [2.24, 2.45) is 0 Å². The fraction of sp³-hybridized carbons (Fsp3) is 0.300. The molecule has 0 fully saturated rings. The minimum Gasteiger partial charge on any atom is -0.506 e. The molecule has 0 aliphatic carbocycles. The van der Waals surface area contributed by atoms with E-state index < -0.39 is 30.4 Å². The summed E-state index contributed by atoms with van der Waals surface area (Å²) in [6.45, 7) is 2.60. The third kappa shape index (κ3) is 13.9. The number of rotatable bonds is 11. The van der Waals surface area contributed by atoms with E-state index in [4.69, 9.17) is 43.0 Å². The van der Waals surface area contributed by atoms with E-state index in [1.807, 2.05) is 18.2 Å². The van der Waals surface area contributed by atoms with Crippen LogP contribution >= 0.6 is 34.5 Å². The zero-order valence-corrected chi connectivity index (χ0v) is 27.3. The van der Waals surface area contributed by atoms with E-state index in [1.165, 1.54) is 17.2 Å². The highest BCUT2D eigenvalue weighted by molar-refractivity contribution is 7.16. The van der Waals surface area contributed by atoms with Crippen LogP contribution in [0.4, 0.5) is 26.3 Å². The van der Waals surface area contributed by atoms with Gasteiger partial charge in [-0.05, 0) is 60.8 Å². The normalized spacial score (nSPS) is 12.0. The number of phenols is 1. The molecule has 1 heterocycles. The van der Waals surface area contributed by atoms with Crippen molar-refractivity contribution >= 4 is 56.7 Å². The number of phenolic OH excluding ortho intramolecular Hbond substituents is 1. The second-order valence-electron chi connectivity index (χ2n) is 9.91. The average Bonchev–Trinajstić information content (AvgIpc) is 3.41.